The first kappa shape index (κ1) is 22.4. The second-order valence-electron chi connectivity index (χ2n) is 9.39. The highest BCUT2D eigenvalue weighted by molar-refractivity contribution is 5.93. The molecule has 2 heterocycles. The van der Waals surface area contributed by atoms with Crippen LogP contribution in [0.4, 0.5) is 14.9 Å². The molecule has 1 amide bonds. The van der Waals surface area contributed by atoms with Gasteiger partial charge >= 0.3 is 12.1 Å². The van der Waals surface area contributed by atoms with Crippen molar-refractivity contribution in [3.8, 4) is 0 Å². The molecule has 2 aromatic rings. The Morgan fingerprint density at radius 2 is 2.06 bits per heavy atom. The predicted octanol–water partition coefficient (Wildman–Crippen LogP) is 3.55. The van der Waals surface area contributed by atoms with Crippen LogP contribution in [-0.2, 0) is 4.74 Å². The number of aromatic nitrogens is 1. The van der Waals surface area contributed by atoms with Gasteiger partial charge in [-0.3, -0.25) is 4.79 Å². The number of rotatable bonds is 6. The molecule has 1 saturated carbocycles. The smallest absolute Gasteiger partial charge is 0.407 e. The van der Waals surface area contributed by atoms with E-state index in [0.29, 0.717) is 37.4 Å². The van der Waals surface area contributed by atoms with Crippen molar-refractivity contribution in [3.05, 3.63) is 52.1 Å². The standard InChI is InChI=1S/C25H28FN3O5/c1-2-34-25(33)27-10-14-4-3-5-15-11-28(12-18(14)15)22-9-21-17(8-20(22)26)23(30)19(24(31)32)13-29(21)16-6-7-16/h3,5,8-9,13-16,18H,2,4,6-7,10-12H2,1H3,(H,27,33)(H,31,32). The monoisotopic (exact) mass is 469 g/mol. The molecular formula is C25H28FN3O5. The van der Waals surface area contributed by atoms with Crippen LogP contribution in [0.3, 0.4) is 0 Å². The third-order valence-electron chi connectivity index (χ3n) is 7.24. The zero-order chi connectivity index (χ0) is 24.0. The van der Waals surface area contributed by atoms with Gasteiger partial charge in [-0.25, -0.2) is 14.0 Å². The van der Waals surface area contributed by atoms with Gasteiger partial charge in [0.15, 0.2) is 0 Å². The van der Waals surface area contributed by atoms with E-state index in [2.05, 4.69) is 17.5 Å². The summed E-state index contributed by atoms with van der Waals surface area (Å²) in [4.78, 5) is 38.1. The summed E-state index contributed by atoms with van der Waals surface area (Å²) in [7, 11) is 0. The first-order chi connectivity index (χ1) is 16.4. The largest absolute Gasteiger partial charge is 0.477 e. The van der Waals surface area contributed by atoms with Crippen LogP contribution in [0.25, 0.3) is 10.9 Å². The average Bonchev–Trinajstić information content (AvgIpc) is 3.55. The van der Waals surface area contributed by atoms with E-state index in [1.165, 1.54) is 12.3 Å². The highest BCUT2D eigenvalue weighted by Gasteiger charge is 2.39. The number of aromatic carboxylic acids is 1. The van der Waals surface area contributed by atoms with E-state index in [-0.39, 0.29) is 34.7 Å². The van der Waals surface area contributed by atoms with Crippen LogP contribution in [0, 0.1) is 23.6 Å². The molecule has 3 atom stereocenters. The summed E-state index contributed by atoms with van der Waals surface area (Å²) in [5, 5.41) is 12.4. The van der Waals surface area contributed by atoms with Crippen molar-refractivity contribution >= 4 is 28.7 Å². The maximum absolute atomic E-state index is 15.3. The molecule has 1 saturated heterocycles. The molecule has 8 nitrogen and oxygen atoms in total. The molecule has 180 valence electrons. The molecule has 2 N–H and O–H groups in total. The highest BCUT2D eigenvalue weighted by atomic mass is 19.1. The Hall–Kier alpha value is -3.36. The number of ether oxygens (including phenoxy) is 1. The number of benzene rings is 1. The molecule has 1 aliphatic heterocycles. The number of alkyl carbamates (subject to hydrolysis) is 1. The number of carboxylic acids is 1. The highest BCUT2D eigenvalue weighted by Crippen LogP contribution is 2.41. The number of nitrogens with zero attached hydrogens (tertiary/aromatic N) is 2. The van der Waals surface area contributed by atoms with Gasteiger partial charge in [0.1, 0.15) is 11.4 Å². The lowest BCUT2D eigenvalue weighted by Gasteiger charge is -2.29. The first-order valence-corrected chi connectivity index (χ1v) is 11.8. The topological polar surface area (TPSA) is 101 Å². The van der Waals surface area contributed by atoms with Crippen molar-refractivity contribution in [1.82, 2.24) is 9.88 Å². The zero-order valence-electron chi connectivity index (χ0n) is 19.0. The third-order valence-corrected chi connectivity index (χ3v) is 7.24. The lowest BCUT2D eigenvalue weighted by atomic mass is 9.78. The van der Waals surface area contributed by atoms with Gasteiger partial charge in [0.25, 0.3) is 0 Å². The van der Waals surface area contributed by atoms with Crippen molar-refractivity contribution < 1.29 is 23.8 Å². The maximum atomic E-state index is 15.3. The molecule has 2 aliphatic carbocycles. The van der Waals surface area contributed by atoms with Crippen molar-refractivity contribution in [2.24, 2.45) is 17.8 Å². The van der Waals surface area contributed by atoms with Crippen LogP contribution in [0.2, 0.25) is 0 Å². The van der Waals surface area contributed by atoms with Gasteiger partial charge in [0.2, 0.25) is 5.43 Å². The van der Waals surface area contributed by atoms with Gasteiger partial charge < -0.3 is 24.6 Å². The van der Waals surface area contributed by atoms with Gasteiger partial charge in [-0.15, -0.1) is 0 Å². The number of hydrogen-bond acceptors (Lipinski definition) is 5. The molecule has 3 unspecified atom stereocenters. The minimum Gasteiger partial charge on any atom is -0.477 e. The Balaban J connectivity index is 1.45. The van der Waals surface area contributed by atoms with E-state index in [1.54, 1.807) is 13.0 Å². The summed E-state index contributed by atoms with van der Waals surface area (Å²) < 4.78 is 22.1. The van der Waals surface area contributed by atoms with Gasteiger partial charge in [-0.05, 0) is 56.1 Å². The third kappa shape index (κ3) is 4.03. The Bertz CT molecular complexity index is 1240. The number of carboxylic acid groups (broad SMARTS) is 1. The Morgan fingerprint density at radius 1 is 1.26 bits per heavy atom. The average molecular weight is 470 g/mol. The first-order valence-electron chi connectivity index (χ1n) is 11.8. The summed E-state index contributed by atoms with van der Waals surface area (Å²) in [6, 6.07) is 3.01. The quantitative estimate of drug-likeness (QED) is 0.628. The Labute approximate surface area is 196 Å². The number of fused-ring (bicyclic) bond motifs is 2. The van der Waals surface area contributed by atoms with Crippen LogP contribution >= 0.6 is 0 Å². The van der Waals surface area contributed by atoms with Crippen molar-refractivity contribution in [3.63, 3.8) is 0 Å². The number of amides is 1. The number of pyridine rings is 1. The van der Waals surface area contributed by atoms with Crippen LogP contribution in [0.5, 0.6) is 0 Å². The molecule has 1 aromatic carbocycles. The molecular weight excluding hydrogens is 441 g/mol. The van der Waals surface area contributed by atoms with Gasteiger partial charge in [0.05, 0.1) is 17.8 Å². The van der Waals surface area contributed by atoms with Crippen LogP contribution in [0.1, 0.15) is 42.6 Å². The van der Waals surface area contributed by atoms with Crippen molar-refractivity contribution in [2.45, 2.75) is 32.2 Å². The molecule has 5 rings (SSSR count). The molecule has 3 aliphatic rings. The Kier molecular flexibility index (Phi) is 5.79. The summed E-state index contributed by atoms with van der Waals surface area (Å²) in [6.45, 7) is 3.85. The normalized spacial score (nSPS) is 23.7. The lowest BCUT2D eigenvalue weighted by molar-refractivity contribution is 0.0694. The van der Waals surface area contributed by atoms with Crippen molar-refractivity contribution in [1.29, 1.82) is 0 Å². The van der Waals surface area contributed by atoms with Crippen molar-refractivity contribution in [2.75, 3.05) is 31.1 Å². The molecule has 1 aromatic heterocycles. The fourth-order valence-electron chi connectivity index (χ4n) is 5.40. The fourth-order valence-corrected chi connectivity index (χ4v) is 5.40. The second kappa shape index (κ2) is 8.77. The van der Waals surface area contributed by atoms with E-state index in [4.69, 9.17) is 4.74 Å². The van der Waals surface area contributed by atoms with Gasteiger partial charge in [-0.1, -0.05) is 12.2 Å². The summed E-state index contributed by atoms with van der Waals surface area (Å²) in [5.74, 6) is -1.13. The molecule has 2 fully saturated rings. The summed E-state index contributed by atoms with van der Waals surface area (Å²) in [6.07, 6.45) is 7.90. The predicted molar refractivity (Wildman–Crippen MR) is 125 cm³/mol. The van der Waals surface area contributed by atoms with Crippen LogP contribution < -0.4 is 15.6 Å². The lowest BCUT2D eigenvalue weighted by Crippen LogP contribution is -2.36. The zero-order valence-corrected chi connectivity index (χ0v) is 19.0. The Morgan fingerprint density at radius 3 is 2.76 bits per heavy atom. The molecule has 0 bridgehead atoms. The number of carbonyl (C=O) groups excluding carboxylic acids is 1. The van der Waals surface area contributed by atoms with E-state index in [0.717, 1.165) is 19.3 Å². The molecule has 34 heavy (non-hydrogen) atoms. The SMILES string of the molecule is CCOC(=O)NCC1CC=CC2CN(c3cc4c(cc3F)c(=O)c(C(=O)O)cn4C3CC3)CC21. The van der Waals surface area contributed by atoms with Crippen LogP contribution in [0.15, 0.2) is 35.3 Å². The molecule has 9 heteroatoms. The summed E-state index contributed by atoms with van der Waals surface area (Å²) in [5.41, 5.74) is -0.00193. The number of allylic oxidation sites excluding steroid dienone is 1. The van der Waals surface area contributed by atoms with E-state index < -0.39 is 23.3 Å². The van der Waals surface area contributed by atoms with E-state index in [9.17, 15) is 19.5 Å². The maximum Gasteiger partial charge on any atom is 0.407 e. The molecule has 0 radical (unpaired) electrons. The number of halogens is 1. The number of anilines is 1. The second-order valence-corrected chi connectivity index (χ2v) is 9.39. The number of carbonyl (C=O) groups is 2. The van der Waals surface area contributed by atoms with Gasteiger partial charge in [-0.2, -0.15) is 0 Å². The van der Waals surface area contributed by atoms with Crippen LogP contribution in [-0.4, -0.2) is 48.0 Å². The molecule has 0 spiro atoms. The fraction of sp³-hybridized carbons (Fsp3) is 0.480. The number of hydrogen-bond donors (Lipinski definition) is 2. The van der Waals surface area contributed by atoms with Gasteiger partial charge in [0, 0.05) is 37.3 Å². The number of nitrogens with one attached hydrogen (secondary N) is 1. The minimum absolute atomic E-state index is 0.0982. The minimum atomic E-state index is -1.30. The van der Waals surface area contributed by atoms with E-state index in [1.807, 2.05) is 9.47 Å². The summed E-state index contributed by atoms with van der Waals surface area (Å²) >= 11 is 0. The van der Waals surface area contributed by atoms with E-state index >= 15 is 4.39 Å².